The zero-order valence-corrected chi connectivity index (χ0v) is 11.3. The van der Waals surface area contributed by atoms with Gasteiger partial charge in [-0.2, -0.15) is 4.39 Å². The molecular formula is C13H12FN3O4. The Morgan fingerprint density at radius 2 is 2.24 bits per heavy atom. The molecule has 1 aromatic heterocycles. The molecule has 1 heterocycles. The monoisotopic (exact) mass is 293 g/mol. The van der Waals surface area contributed by atoms with E-state index in [1.807, 2.05) is 0 Å². The number of carbonyl (C=O) groups is 1. The summed E-state index contributed by atoms with van der Waals surface area (Å²) in [5.41, 5.74) is -0.763. The molecule has 0 spiro atoms. The van der Waals surface area contributed by atoms with Crippen LogP contribution in [-0.4, -0.2) is 15.8 Å². The van der Waals surface area contributed by atoms with Gasteiger partial charge in [-0.25, -0.2) is 4.98 Å². The van der Waals surface area contributed by atoms with Crippen LogP contribution in [0, 0.1) is 22.9 Å². The minimum Gasteiger partial charge on any atom is -0.444 e. The number of rotatable bonds is 4. The number of oxazole rings is 1. The fraction of sp³-hybridized carbons (Fsp3) is 0.231. The van der Waals surface area contributed by atoms with Crippen molar-refractivity contribution in [3.63, 3.8) is 0 Å². The number of carbonyl (C=O) groups excluding carboxylic acids is 1. The van der Waals surface area contributed by atoms with E-state index >= 15 is 0 Å². The molecule has 0 fully saturated rings. The second-order valence-corrected chi connectivity index (χ2v) is 4.43. The van der Waals surface area contributed by atoms with Crippen molar-refractivity contribution in [1.29, 1.82) is 0 Å². The molecule has 21 heavy (non-hydrogen) atoms. The molecule has 1 amide bonds. The van der Waals surface area contributed by atoms with Crippen molar-refractivity contribution in [3.8, 4) is 0 Å². The summed E-state index contributed by atoms with van der Waals surface area (Å²) in [7, 11) is 0. The summed E-state index contributed by atoms with van der Waals surface area (Å²) in [6, 6.07) is 2.42. The number of aromatic nitrogens is 1. The third kappa shape index (κ3) is 3.22. The molecule has 2 rings (SSSR count). The first-order valence-corrected chi connectivity index (χ1v) is 6.05. The normalized spacial score (nSPS) is 12.0. The number of hydrogen-bond acceptors (Lipinski definition) is 5. The quantitative estimate of drug-likeness (QED) is 0.689. The predicted molar refractivity (Wildman–Crippen MR) is 70.2 cm³/mol. The highest BCUT2D eigenvalue weighted by Crippen LogP contribution is 2.19. The minimum absolute atomic E-state index is 0.0155. The van der Waals surface area contributed by atoms with Crippen LogP contribution in [0.25, 0.3) is 0 Å². The molecule has 0 bridgehead atoms. The van der Waals surface area contributed by atoms with E-state index in [2.05, 4.69) is 10.3 Å². The number of benzene rings is 1. The van der Waals surface area contributed by atoms with Gasteiger partial charge in [0.25, 0.3) is 5.91 Å². The maximum Gasteiger partial charge on any atom is 0.305 e. The Morgan fingerprint density at radius 1 is 1.52 bits per heavy atom. The molecule has 1 N–H and O–H groups in total. The van der Waals surface area contributed by atoms with Gasteiger partial charge in [-0.3, -0.25) is 14.9 Å². The predicted octanol–water partition coefficient (Wildman–Crippen LogP) is 2.52. The largest absolute Gasteiger partial charge is 0.444 e. The van der Waals surface area contributed by atoms with Crippen LogP contribution in [0.1, 0.15) is 35.0 Å². The highest BCUT2D eigenvalue weighted by atomic mass is 19.1. The fourth-order valence-corrected chi connectivity index (χ4v) is 1.71. The molecule has 1 atom stereocenters. The Bertz CT molecular complexity index is 698. The van der Waals surface area contributed by atoms with Crippen LogP contribution >= 0.6 is 0 Å². The molecule has 110 valence electrons. The van der Waals surface area contributed by atoms with Gasteiger partial charge in [-0.1, -0.05) is 0 Å². The lowest BCUT2D eigenvalue weighted by atomic mass is 10.1. The third-order valence-electron chi connectivity index (χ3n) is 2.76. The first kappa shape index (κ1) is 14.6. The SMILES string of the molecule is Cc1cnc(C(C)NC(=O)c2ccc(F)c([N+](=O)[O-])c2)o1. The lowest BCUT2D eigenvalue weighted by molar-refractivity contribution is -0.387. The van der Waals surface area contributed by atoms with Crippen molar-refractivity contribution in [2.24, 2.45) is 0 Å². The van der Waals surface area contributed by atoms with Gasteiger partial charge in [0.2, 0.25) is 11.7 Å². The smallest absolute Gasteiger partial charge is 0.305 e. The summed E-state index contributed by atoms with van der Waals surface area (Å²) >= 11 is 0. The van der Waals surface area contributed by atoms with Crippen LogP contribution < -0.4 is 5.32 Å². The molecule has 1 unspecified atom stereocenters. The van der Waals surface area contributed by atoms with E-state index in [1.54, 1.807) is 13.8 Å². The number of halogens is 1. The average Bonchev–Trinajstić information content (AvgIpc) is 2.85. The van der Waals surface area contributed by atoms with Crippen LogP contribution in [0.4, 0.5) is 10.1 Å². The van der Waals surface area contributed by atoms with Crippen LogP contribution in [0.5, 0.6) is 0 Å². The van der Waals surface area contributed by atoms with Crippen molar-refractivity contribution in [2.75, 3.05) is 0 Å². The zero-order valence-electron chi connectivity index (χ0n) is 11.3. The second-order valence-electron chi connectivity index (χ2n) is 4.43. The lowest BCUT2D eigenvalue weighted by Gasteiger charge is -2.10. The van der Waals surface area contributed by atoms with E-state index < -0.39 is 28.4 Å². The molecule has 0 aliphatic carbocycles. The van der Waals surface area contributed by atoms with E-state index in [4.69, 9.17) is 4.42 Å². The summed E-state index contributed by atoms with van der Waals surface area (Å²) in [6.45, 7) is 3.37. The molecule has 0 radical (unpaired) electrons. The Labute approximate surface area is 118 Å². The Kier molecular flexibility index (Phi) is 3.97. The van der Waals surface area contributed by atoms with Crippen molar-refractivity contribution in [1.82, 2.24) is 10.3 Å². The molecule has 2 aromatic rings. The average molecular weight is 293 g/mol. The van der Waals surface area contributed by atoms with E-state index in [9.17, 15) is 19.3 Å². The van der Waals surface area contributed by atoms with Gasteiger partial charge in [0.05, 0.1) is 11.1 Å². The van der Waals surface area contributed by atoms with Crippen molar-refractivity contribution < 1.29 is 18.5 Å². The maximum atomic E-state index is 13.2. The number of nitro benzene ring substituents is 1. The number of amides is 1. The van der Waals surface area contributed by atoms with Crippen molar-refractivity contribution >= 4 is 11.6 Å². The molecule has 0 aliphatic heterocycles. The van der Waals surface area contributed by atoms with Crippen LogP contribution in [0.15, 0.2) is 28.8 Å². The molecule has 0 saturated heterocycles. The maximum absolute atomic E-state index is 13.2. The van der Waals surface area contributed by atoms with E-state index in [-0.39, 0.29) is 5.56 Å². The molecule has 1 aromatic carbocycles. The summed E-state index contributed by atoms with van der Waals surface area (Å²) in [5.74, 6) is -0.657. The summed E-state index contributed by atoms with van der Waals surface area (Å²) < 4.78 is 18.5. The summed E-state index contributed by atoms with van der Waals surface area (Å²) in [5, 5.41) is 13.2. The Morgan fingerprint density at radius 3 is 2.81 bits per heavy atom. The van der Waals surface area contributed by atoms with Crippen LogP contribution in [-0.2, 0) is 0 Å². The molecule has 0 aliphatic rings. The van der Waals surface area contributed by atoms with Crippen molar-refractivity contribution in [3.05, 3.63) is 57.5 Å². The Hall–Kier alpha value is -2.77. The van der Waals surface area contributed by atoms with Gasteiger partial charge in [-0.05, 0) is 26.0 Å². The number of nitrogens with zero attached hydrogens (tertiary/aromatic N) is 2. The van der Waals surface area contributed by atoms with Crippen molar-refractivity contribution in [2.45, 2.75) is 19.9 Å². The van der Waals surface area contributed by atoms with Gasteiger partial charge in [0, 0.05) is 11.6 Å². The van der Waals surface area contributed by atoms with Crippen LogP contribution in [0.3, 0.4) is 0 Å². The molecule has 0 saturated carbocycles. The fourth-order valence-electron chi connectivity index (χ4n) is 1.71. The number of nitrogens with one attached hydrogen (secondary N) is 1. The molecular weight excluding hydrogens is 281 g/mol. The standard InChI is InChI=1S/C13H12FN3O4/c1-7-6-15-13(21-7)8(2)16-12(18)9-3-4-10(14)11(5-9)17(19)20/h3-6,8H,1-2H3,(H,16,18). The molecule has 7 nitrogen and oxygen atoms in total. The Balaban J connectivity index is 2.17. The van der Waals surface area contributed by atoms with E-state index in [0.29, 0.717) is 11.7 Å². The lowest BCUT2D eigenvalue weighted by Crippen LogP contribution is -2.26. The summed E-state index contributed by atoms with van der Waals surface area (Å²) in [6.07, 6.45) is 1.51. The first-order valence-electron chi connectivity index (χ1n) is 6.05. The van der Waals surface area contributed by atoms with Gasteiger partial charge in [-0.15, -0.1) is 0 Å². The molecule has 8 heteroatoms. The van der Waals surface area contributed by atoms with Gasteiger partial charge in [0.1, 0.15) is 11.8 Å². The second kappa shape index (κ2) is 5.70. The zero-order chi connectivity index (χ0) is 15.6. The van der Waals surface area contributed by atoms with E-state index in [1.165, 1.54) is 12.3 Å². The number of aryl methyl sites for hydroxylation is 1. The first-order chi connectivity index (χ1) is 9.88. The van der Waals surface area contributed by atoms with Gasteiger partial charge < -0.3 is 9.73 Å². The van der Waals surface area contributed by atoms with Gasteiger partial charge >= 0.3 is 5.69 Å². The highest BCUT2D eigenvalue weighted by molar-refractivity contribution is 5.95. The van der Waals surface area contributed by atoms with Gasteiger partial charge in [0.15, 0.2) is 0 Å². The topological polar surface area (TPSA) is 98.3 Å². The number of hydrogen-bond donors (Lipinski definition) is 1. The van der Waals surface area contributed by atoms with E-state index in [0.717, 1.165) is 12.1 Å². The third-order valence-corrected chi connectivity index (χ3v) is 2.76. The minimum atomic E-state index is -0.993. The number of nitro groups is 1. The van der Waals surface area contributed by atoms with Crippen LogP contribution in [0.2, 0.25) is 0 Å². The summed E-state index contributed by atoms with van der Waals surface area (Å²) in [4.78, 5) is 25.7. The highest BCUT2D eigenvalue weighted by Gasteiger charge is 2.20.